The van der Waals surface area contributed by atoms with Crippen molar-refractivity contribution >= 4 is 34.6 Å². The smallest absolute Gasteiger partial charge is 0.170 e. The molecule has 0 saturated carbocycles. The number of ether oxygens (including phenoxy) is 1. The van der Waals surface area contributed by atoms with E-state index in [-0.39, 0.29) is 0 Å². The van der Waals surface area contributed by atoms with Crippen molar-refractivity contribution in [2.75, 3.05) is 32.1 Å². The van der Waals surface area contributed by atoms with Gasteiger partial charge in [0.15, 0.2) is 5.11 Å². The van der Waals surface area contributed by atoms with Crippen molar-refractivity contribution in [1.29, 1.82) is 0 Å². The molecule has 1 aliphatic heterocycles. The molecule has 0 spiro atoms. The highest BCUT2D eigenvalue weighted by molar-refractivity contribution is 7.80. The third-order valence-corrected chi connectivity index (χ3v) is 5.84. The van der Waals surface area contributed by atoms with Crippen LogP contribution in [0.3, 0.4) is 0 Å². The van der Waals surface area contributed by atoms with E-state index in [0.717, 1.165) is 12.2 Å². The topological polar surface area (TPSA) is 37.7 Å². The summed E-state index contributed by atoms with van der Waals surface area (Å²) >= 11 is 11.6. The van der Waals surface area contributed by atoms with E-state index in [1.807, 2.05) is 18.2 Å². The maximum Gasteiger partial charge on any atom is 0.170 e. The van der Waals surface area contributed by atoms with Crippen LogP contribution in [0.5, 0.6) is 5.75 Å². The molecule has 2 aromatic carbocycles. The predicted molar refractivity (Wildman–Crippen MR) is 116 cm³/mol. The van der Waals surface area contributed by atoms with Crippen LogP contribution in [-0.2, 0) is 0 Å². The minimum Gasteiger partial charge on any atom is -0.495 e. The minimum atomic E-state index is 0.530. The Kier molecular flexibility index (Phi) is 6.94. The maximum atomic E-state index is 6.16. The zero-order valence-electron chi connectivity index (χ0n) is 15.8. The number of halogens is 1. The Labute approximate surface area is 171 Å². The summed E-state index contributed by atoms with van der Waals surface area (Å²) in [5.41, 5.74) is 2.27. The van der Waals surface area contributed by atoms with Crippen molar-refractivity contribution in [2.45, 2.75) is 19.4 Å². The quantitative estimate of drug-likeness (QED) is 0.646. The van der Waals surface area contributed by atoms with E-state index in [0.29, 0.717) is 27.8 Å². The Hall–Kier alpha value is -1.82. The molecule has 0 amide bonds. The molecular weight excluding hydrogens is 378 g/mol. The molecular formula is C21H27ClN3OS+. The van der Waals surface area contributed by atoms with E-state index < -0.39 is 0 Å². The summed E-state index contributed by atoms with van der Waals surface area (Å²) in [6.07, 6.45) is 1.22. The first-order chi connectivity index (χ1) is 13.1. The van der Waals surface area contributed by atoms with Crippen LogP contribution in [0.1, 0.15) is 24.9 Å². The number of benzene rings is 2. The Morgan fingerprint density at radius 1 is 1.30 bits per heavy atom. The van der Waals surface area contributed by atoms with Gasteiger partial charge in [-0.3, -0.25) is 0 Å². The molecule has 2 aromatic rings. The second-order valence-corrected chi connectivity index (χ2v) is 7.90. The lowest BCUT2D eigenvalue weighted by molar-refractivity contribution is -0.919. The largest absolute Gasteiger partial charge is 0.495 e. The van der Waals surface area contributed by atoms with E-state index in [4.69, 9.17) is 28.6 Å². The van der Waals surface area contributed by atoms with Gasteiger partial charge < -0.3 is 20.3 Å². The fraction of sp³-hybridized carbons (Fsp3) is 0.381. The van der Waals surface area contributed by atoms with E-state index in [1.54, 1.807) is 12.0 Å². The van der Waals surface area contributed by atoms with Gasteiger partial charge in [-0.15, -0.1) is 0 Å². The van der Waals surface area contributed by atoms with Crippen molar-refractivity contribution in [3.05, 3.63) is 59.1 Å². The van der Waals surface area contributed by atoms with Crippen LogP contribution in [0.25, 0.3) is 0 Å². The van der Waals surface area contributed by atoms with E-state index in [9.17, 15) is 0 Å². The monoisotopic (exact) mass is 404 g/mol. The molecule has 1 fully saturated rings. The van der Waals surface area contributed by atoms with Crippen molar-refractivity contribution in [1.82, 2.24) is 5.32 Å². The summed E-state index contributed by atoms with van der Waals surface area (Å²) in [5.74, 6) is 1.29. The van der Waals surface area contributed by atoms with Crippen LogP contribution in [0.4, 0.5) is 5.69 Å². The highest BCUT2D eigenvalue weighted by atomic mass is 35.5. The van der Waals surface area contributed by atoms with Crippen LogP contribution >= 0.6 is 23.8 Å². The highest BCUT2D eigenvalue weighted by Gasteiger charge is 2.30. The molecule has 144 valence electrons. The first-order valence-electron chi connectivity index (χ1n) is 9.34. The SMILES string of the molecule is COc1ccc(NC(=S)NCC2CC[NH+](C(C)c3ccccc3)C2)cc1Cl. The lowest BCUT2D eigenvalue weighted by atomic mass is 10.1. The number of anilines is 1. The Bertz CT molecular complexity index is 771. The van der Waals surface area contributed by atoms with Gasteiger partial charge in [-0.05, 0) is 37.3 Å². The molecule has 0 aliphatic carbocycles. The summed E-state index contributed by atoms with van der Waals surface area (Å²) in [5, 5.41) is 7.74. The van der Waals surface area contributed by atoms with Crippen LogP contribution in [-0.4, -0.2) is 31.9 Å². The zero-order chi connectivity index (χ0) is 19.2. The standard InChI is InChI=1S/C21H26ClN3OS/c1-15(17-6-4-3-5-7-17)25-11-10-16(14-25)13-23-21(27)24-18-8-9-20(26-2)19(22)12-18/h3-9,12,15-16H,10-11,13-14H2,1-2H3,(H2,23,24,27)/p+1. The van der Waals surface area contributed by atoms with Gasteiger partial charge in [0.25, 0.3) is 0 Å². The molecule has 3 rings (SSSR count). The molecule has 0 aromatic heterocycles. The summed E-state index contributed by atoms with van der Waals surface area (Å²) in [6, 6.07) is 16.8. The Morgan fingerprint density at radius 2 is 2.07 bits per heavy atom. The van der Waals surface area contributed by atoms with Crippen molar-refractivity contribution < 1.29 is 9.64 Å². The van der Waals surface area contributed by atoms with Crippen molar-refractivity contribution in [3.63, 3.8) is 0 Å². The van der Waals surface area contributed by atoms with E-state index >= 15 is 0 Å². The molecule has 3 N–H and O–H groups in total. The summed E-state index contributed by atoms with van der Waals surface area (Å²) in [4.78, 5) is 1.65. The van der Waals surface area contributed by atoms with Crippen molar-refractivity contribution in [3.8, 4) is 5.75 Å². The van der Waals surface area contributed by atoms with Gasteiger partial charge in [-0.1, -0.05) is 41.9 Å². The van der Waals surface area contributed by atoms with E-state index in [1.165, 1.54) is 25.1 Å². The minimum absolute atomic E-state index is 0.530. The van der Waals surface area contributed by atoms with Crippen LogP contribution in [0, 0.1) is 5.92 Å². The van der Waals surface area contributed by atoms with Gasteiger partial charge in [0.1, 0.15) is 11.8 Å². The lowest BCUT2D eigenvalue weighted by Gasteiger charge is -2.22. The third kappa shape index (κ3) is 5.34. The molecule has 4 nitrogen and oxygen atoms in total. The summed E-state index contributed by atoms with van der Waals surface area (Å²) < 4.78 is 5.17. The second kappa shape index (κ2) is 9.40. The number of hydrogen-bond donors (Lipinski definition) is 3. The molecule has 27 heavy (non-hydrogen) atoms. The molecule has 0 bridgehead atoms. The highest BCUT2D eigenvalue weighted by Crippen LogP contribution is 2.27. The summed E-state index contributed by atoms with van der Waals surface area (Å²) in [7, 11) is 1.60. The summed E-state index contributed by atoms with van der Waals surface area (Å²) in [6.45, 7) is 5.58. The number of likely N-dealkylation sites (tertiary alicyclic amines) is 1. The average molecular weight is 405 g/mol. The Balaban J connectivity index is 1.45. The van der Waals surface area contributed by atoms with E-state index in [2.05, 4.69) is 47.9 Å². The van der Waals surface area contributed by atoms with Gasteiger partial charge in [0.2, 0.25) is 0 Å². The number of thiocarbonyl (C=S) groups is 1. The fourth-order valence-electron chi connectivity index (χ4n) is 3.67. The van der Waals surface area contributed by atoms with Gasteiger partial charge in [0.05, 0.1) is 25.2 Å². The molecule has 0 radical (unpaired) electrons. The molecule has 6 heteroatoms. The second-order valence-electron chi connectivity index (χ2n) is 7.08. The average Bonchev–Trinajstić information content (AvgIpc) is 3.16. The van der Waals surface area contributed by atoms with Gasteiger partial charge in [-0.25, -0.2) is 0 Å². The van der Waals surface area contributed by atoms with Gasteiger partial charge in [0, 0.05) is 30.1 Å². The molecule has 3 atom stereocenters. The number of nitrogens with one attached hydrogen (secondary N) is 3. The third-order valence-electron chi connectivity index (χ3n) is 5.30. The van der Waals surface area contributed by atoms with Crippen LogP contribution < -0.4 is 20.3 Å². The van der Waals surface area contributed by atoms with Crippen molar-refractivity contribution in [2.24, 2.45) is 5.92 Å². The number of methoxy groups -OCH3 is 1. The van der Waals surface area contributed by atoms with Crippen LogP contribution in [0.2, 0.25) is 5.02 Å². The zero-order valence-corrected chi connectivity index (χ0v) is 17.4. The normalized spacial score (nSPS) is 20.1. The predicted octanol–water partition coefficient (Wildman–Crippen LogP) is 3.30. The maximum absolute atomic E-state index is 6.16. The first kappa shape index (κ1) is 19.9. The number of hydrogen-bond acceptors (Lipinski definition) is 2. The van der Waals surface area contributed by atoms with Gasteiger partial charge in [-0.2, -0.15) is 0 Å². The lowest BCUT2D eigenvalue weighted by Crippen LogP contribution is -3.10. The van der Waals surface area contributed by atoms with Crippen LogP contribution in [0.15, 0.2) is 48.5 Å². The van der Waals surface area contributed by atoms with Gasteiger partial charge >= 0.3 is 0 Å². The molecule has 1 aliphatic rings. The Morgan fingerprint density at radius 3 is 2.78 bits per heavy atom. The first-order valence-corrected chi connectivity index (χ1v) is 10.1. The molecule has 3 unspecified atom stereocenters. The number of rotatable bonds is 6. The molecule has 1 heterocycles. The molecule has 1 saturated heterocycles. The number of quaternary nitrogens is 1. The fourth-order valence-corrected chi connectivity index (χ4v) is 4.12.